The maximum atomic E-state index is 12.8. The molecule has 0 fully saturated rings. The Hall–Kier alpha value is -1.28. The van der Waals surface area contributed by atoms with Crippen LogP contribution in [0.1, 0.15) is 35.0 Å². The van der Waals surface area contributed by atoms with Crippen LogP contribution >= 0.6 is 46.2 Å². The first-order valence-corrected chi connectivity index (χ1v) is 10.8. The zero-order valence-corrected chi connectivity index (χ0v) is 16.6. The molecule has 0 aliphatic heterocycles. The molecule has 4 rings (SSSR count). The molecule has 0 bridgehead atoms. The van der Waals surface area contributed by atoms with Crippen LogP contribution in [0.3, 0.4) is 0 Å². The van der Waals surface area contributed by atoms with Gasteiger partial charge >= 0.3 is 0 Å². The van der Waals surface area contributed by atoms with Crippen molar-refractivity contribution in [2.45, 2.75) is 30.4 Å². The van der Waals surface area contributed by atoms with Gasteiger partial charge in [0.1, 0.15) is 15.0 Å². The van der Waals surface area contributed by atoms with Crippen molar-refractivity contribution in [2.24, 2.45) is 5.92 Å². The average Bonchev–Trinajstić information content (AvgIpc) is 3.24. The molecule has 0 N–H and O–H groups in total. The molecule has 0 saturated heterocycles. The Kier molecular flexibility index (Phi) is 4.90. The zero-order valence-electron chi connectivity index (χ0n) is 13.4. The van der Waals surface area contributed by atoms with Crippen molar-refractivity contribution in [1.29, 1.82) is 0 Å². The van der Waals surface area contributed by atoms with E-state index in [2.05, 4.69) is 27.6 Å². The number of hydrogen-bond acceptors (Lipinski definition) is 7. The molecule has 0 saturated carbocycles. The lowest BCUT2D eigenvalue weighted by Gasteiger charge is -2.24. The highest BCUT2D eigenvalue weighted by Gasteiger charge is 2.28. The normalized spacial score (nSPS) is 16.9. The molecule has 0 unspecified atom stereocenters. The van der Waals surface area contributed by atoms with Crippen molar-refractivity contribution >= 4 is 52.0 Å². The van der Waals surface area contributed by atoms with Crippen LogP contribution in [-0.4, -0.2) is 20.4 Å². The summed E-state index contributed by atoms with van der Waals surface area (Å²) in [5.41, 5.74) is 3.84. The van der Waals surface area contributed by atoms with Crippen molar-refractivity contribution < 1.29 is 4.79 Å². The van der Waals surface area contributed by atoms with Crippen LogP contribution in [0.25, 0.3) is 10.6 Å². The number of carbonyl (C=O) groups excluding carboxylic acids is 1. The van der Waals surface area contributed by atoms with E-state index in [4.69, 9.17) is 11.6 Å². The summed E-state index contributed by atoms with van der Waals surface area (Å²) in [6, 6.07) is 4.12. The zero-order chi connectivity index (χ0) is 17.4. The van der Waals surface area contributed by atoms with Gasteiger partial charge in [0, 0.05) is 51.3 Å². The fraction of sp³-hybridized carbons (Fsp3) is 0.294. The number of fused-ring (bicyclic) bond motifs is 1. The second kappa shape index (κ2) is 7.15. The minimum Gasteiger partial charge on any atom is -0.294 e. The first kappa shape index (κ1) is 17.1. The van der Waals surface area contributed by atoms with Crippen molar-refractivity contribution in [1.82, 2.24) is 14.6 Å². The molecule has 4 nitrogen and oxygen atoms in total. The number of benzene rings is 1. The highest BCUT2D eigenvalue weighted by atomic mass is 35.5. The predicted molar refractivity (Wildman–Crippen MR) is 104 cm³/mol. The monoisotopic (exact) mass is 407 g/mol. The van der Waals surface area contributed by atoms with E-state index in [0.717, 1.165) is 38.7 Å². The van der Waals surface area contributed by atoms with Gasteiger partial charge in [-0.2, -0.15) is 0 Å². The molecule has 0 spiro atoms. The van der Waals surface area contributed by atoms with Crippen LogP contribution in [0, 0.1) is 5.92 Å². The van der Waals surface area contributed by atoms with Crippen molar-refractivity contribution in [2.75, 3.05) is 0 Å². The molecule has 1 atom stereocenters. The maximum Gasteiger partial charge on any atom is 0.164 e. The Morgan fingerprint density at radius 2 is 2.24 bits per heavy atom. The third-order valence-electron chi connectivity index (χ3n) is 4.18. The summed E-state index contributed by atoms with van der Waals surface area (Å²) in [6.07, 6.45) is 3.31. The summed E-state index contributed by atoms with van der Waals surface area (Å²) >= 11 is 10.5. The Labute approximate surface area is 162 Å². The van der Waals surface area contributed by atoms with E-state index in [1.165, 1.54) is 11.5 Å². The van der Waals surface area contributed by atoms with E-state index in [1.807, 2.05) is 11.4 Å². The number of thiazole rings is 1. The number of hydrogen-bond donors (Lipinski definition) is 0. The fourth-order valence-electron chi connectivity index (χ4n) is 3.09. The van der Waals surface area contributed by atoms with Crippen LogP contribution in [0.15, 0.2) is 28.6 Å². The second-order valence-corrected chi connectivity index (χ2v) is 9.29. The first-order chi connectivity index (χ1) is 12.1. The number of rotatable bonds is 4. The standard InChI is InChI=1S/C17H14ClN3OS3/c1-9-6-11-10(17-19-4-5-23-17)2-3-14(15(11)13(22)7-9)24-8-12-16(18)25-21-20-12/h2-5,9H,6-8H2,1H3/t9-/m0/s1. The third-order valence-corrected chi connectivity index (χ3v) is 7.04. The van der Waals surface area contributed by atoms with Crippen LogP contribution < -0.4 is 0 Å². The largest absolute Gasteiger partial charge is 0.294 e. The van der Waals surface area contributed by atoms with E-state index in [9.17, 15) is 4.79 Å². The van der Waals surface area contributed by atoms with E-state index in [1.54, 1.807) is 29.3 Å². The molecule has 1 aliphatic carbocycles. The molecule has 128 valence electrons. The van der Waals surface area contributed by atoms with E-state index >= 15 is 0 Å². The first-order valence-electron chi connectivity index (χ1n) is 7.82. The minimum atomic E-state index is 0.220. The van der Waals surface area contributed by atoms with Gasteiger partial charge in [0.05, 0.1) is 0 Å². The molecule has 1 aliphatic rings. The lowest BCUT2D eigenvalue weighted by molar-refractivity contribution is 0.0950. The van der Waals surface area contributed by atoms with Crippen LogP contribution in [0.4, 0.5) is 0 Å². The Morgan fingerprint density at radius 1 is 1.36 bits per heavy atom. The highest BCUT2D eigenvalue weighted by molar-refractivity contribution is 7.98. The second-order valence-electron chi connectivity index (χ2n) is 6.02. The predicted octanol–water partition coefficient (Wildman–Crippen LogP) is 5.37. The molecule has 25 heavy (non-hydrogen) atoms. The molecule has 2 heterocycles. The van der Waals surface area contributed by atoms with Gasteiger partial charge in [-0.25, -0.2) is 4.98 Å². The number of halogens is 1. The highest BCUT2D eigenvalue weighted by Crippen LogP contribution is 2.40. The van der Waals surface area contributed by atoms with Crippen LogP contribution in [0.5, 0.6) is 0 Å². The Morgan fingerprint density at radius 3 is 2.96 bits per heavy atom. The number of aromatic nitrogens is 3. The van der Waals surface area contributed by atoms with Gasteiger partial charge in [-0.15, -0.1) is 28.2 Å². The number of nitrogens with zero attached hydrogens (tertiary/aromatic N) is 3. The lowest BCUT2D eigenvalue weighted by atomic mass is 9.82. The third kappa shape index (κ3) is 3.38. The van der Waals surface area contributed by atoms with E-state index in [0.29, 0.717) is 22.4 Å². The van der Waals surface area contributed by atoms with Gasteiger partial charge in [-0.3, -0.25) is 4.79 Å². The number of thioether (sulfide) groups is 1. The fourth-order valence-corrected chi connectivity index (χ4v) is 5.62. The Balaban J connectivity index is 1.74. The average molecular weight is 408 g/mol. The molecule has 0 radical (unpaired) electrons. The van der Waals surface area contributed by atoms with Gasteiger partial charge in [0.25, 0.3) is 0 Å². The summed E-state index contributed by atoms with van der Waals surface area (Å²) in [7, 11) is 0. The SMILES string of the molecule is C[C@@H]1CC(=O)c2c(SCc3nnsc3Cl)ccc(-c3nccs3)c2C1. The van der Waals surface area contributed by atoms with Gasteiger partial charge in [-0.05, 0) is 24.0 Å². The summed E-state index contributed by atoms with van der Waals surface area (Å²) in [5, 5.41) is 7.00. The summed E-state index contributed by atoms with van der Waals surface area (Å²) < 4.78 is 4.48. The summed E-state index contributed by atoms with van der Waals surface area (Å²) in [5.74, 6) is 1.19. The van der Waals surface area contributed by atoms with Gasteiger partial charge in [0.15, 0.2) is 5.78 Å². The van der Waals surface area contributed by atoms with E-state index in [-0.39, 0.29) is 5.78 Å². The number of carbonyl (C=O) groups is 1. The lowest BCUT2D eigenvalue weighted by Crippen LogP contribution is -2.19. The molecule has 0 amide bonds. The van der Waals surface area contributed by atoms with Crippen molar-refractivity contribution in [3.8, 4) is 10.6 Å². The van der Waals surface area contributed by atoms with Crippen LogP contribution in [-0.2, 0) is 12.2 Å². The van der Waals surface area contributed by atoms with Gasteiger partial charge < -0.3 is 0 Å². The molecular weight excluding hydrogens is 394 g/mol. The van der Waals surface area contributed by atoms with Gasteiger partial charge in [-0.1, -0.05) is 29.1 Å². The molecule has 1 aromatic carbocycles. The molecular formula is C17H14ClN3OS3. The molecule has 3 aromatic rings. The minimum absolute atomic E-state index is 0.220. The summed E-state index contributed by atoms with van der Waals surface area (Å²) in [4.78, 5) is 18.2. The number of ketones is 1. The smallest absolute Gasteiger partial charge is 0.164 e. The Bertz CT molecular complexity index is 923. The van der Waals surface area contributed by atoms with E-state index < -0.39 is 0 Å². The van der Waals surface area contributed by atoms with Crippen LogP contribution in [0.2, 0.25) is 4.34 Å². The van der Waals surface area contributed by atoms with Crippen molar-refractivity contribution in [3.05, 3.63) is 44.9 Å². The molecule has 8 heteroatoms. The summed E-state index contributed by atoms with van der Waals surface area (Å²) in [6.45, 7) is 2.13. The quantitative estimate of drug-likeness (QED) is 0.544. The van der Waals surface area contributed by atoms with Gasteiger partial charge in [0.2, 0.25) is 0 Å². The maximum absolute atomic E-state index is 12.8. The van der Waals surface area contributed by atoms with Crippen molar-refractivity contribution in [3.63, 3.8) is 0 Å². The topological polar surface area (TPSA) is 55.7 Å². The number of Topliss-reactive ketones (excluding diaryl/α,β-unsaturated/α-hetero) is 1. The molecule has 2 aromatic heterocycles.